The normalized spacial score (nSPS) is 17.5. The van der Waals surface area contributed by atoms with Gasteiger partial charge in [0.05, 0.1) is 0 Å². The molecule has 0 aromatic carbocycles. The van der Waals surface area contributed by atoms with E-state index in [4.69, 9.17) is 0 Å². The highest BCUT2D eigenvalue weighted by molar-refractivity contribution is 5.43. The first kappa shape index (κ1) is 7.27. The summed E-state index contributed by atoms with van der Waals surface area (Å²) in [5, 5.41) is 9.37. The van der Waals surface area contributed by atoms with Crippen molar-refractivity contribution in [3.05, 3.63) is 16.6 Å². The average molecular weight is 166 g/mol. The first-order valence-electron chi connectivity index (χ1n) is 4.08. The van der Waals surface area contributed by atoms with Crippen LogP contribution in [0.1, 0.15) is 25.7 Å². The van der Waals surface area contributed by atoms with Gasteiger partial charge < -0.3 is 0 Å². The van der Waals surface area contributed by atoms with Gasteiger partial charge in [-0.2, -0.15) is 4.68 Å². The van der Waals surface area contributed by atoms with Crippen molar-refractivity contribution in [2.45, 2.75) is 25.7 Å². The molecule has 0 saturated heterocycles. The summed E-state index contributed by atoms with van der Waals surface area (Å²) in [6.07, 6.45) is 6.34. The van der Waals surface area contributed by atoms with Gasteiger partial charge in [-0.05, 0) is 36.1 Å². The first-order valence-corrected chi connectivity index (χ1v) is 4.08. The highest BCUT2D eigenvalue weighted by Gasteiger charge is 2.08. The number of allylic oxidation sites excluding steroid dienone is 2. The lowest BCUT2D eigenvalue weighted by atomic mass is 10.1. The molecular formula is C7H10N4O. The van der Waals surface area contributed by atoms with Gasteiger partial charge in [0.2, 0.25) is 0 Å². The first-order chi connectivity index (χ1) is 5.88. The maximum Gasteiger partial charge on any atom is 0.365 e. The van der Waals surface area contributed by atoms with Gasteiger partial charge in [0.1, 0.15) is 0 Å². The van der Waals surface area contributed by atoms with E-state index in [1.54, 1.807) is 0 Å². The quantitative estimate of drug-likeness (QED) is 0.656. The van der Waals surface area contributed by atoms with Gasteiger partial charge in [0.15, 0.2) is 0 Å². The second kappa shape index (κ2) is 2.92. The topological polar surface area (TPSA) is 63.6 Å². The standard InChI is InChI=1S/C7H10N4O/c12-7-8-9-10-11(7)6-4-2-1-3-5-6/h4H,1-3,5H2,(H,8,10,12). The number of hydrogen-bond acceptors (Lipinski definition) is 3. The zero-order valence-corrected chi connectivity index (χ0v) is 6.66. The largest absolute Gasteiger partial charge is 0.365 e. The number of nitrogens with one attached hydrogen (secondary N) is 1. The van der Waals surface area contributed by atoms with Crippen LogP contribution in [-0.4, -0.2) is 20.2 Å². The van der Waals surface area contributed by atoms with Crippen LogP contribution in [0, 0.1) is 0 Å². The van der Waals surface area contributed by atoms with E-state index >= 15 is 0 Å². The molecule has 5 heteroatoms. The van der Waals surface area contributed by atoms with E-state index in [0.29, 0.717) is 0 Å². The molecule has 0 bridgehead atoms. The van der Waals surface area contributed by atoms with Crippen molar-refractivity contribution >= 4 is 5.70 Å². The van der Waals surface area contributed by atoms with Gasteiger partial charge in [-0.1, -0.05) is 6.08 Å². The maximum absolute atomic E-state index is 11.1. The number of H-pyrrole nitrogens is 1. The van der Waals surface area contributed by atoms with E-state index in [2.05, 4.69) is 15.5 Å². The Morgan fingerprint density at radius 2 is 2.42 bits per heavy atom. The van der Waals surface area contributed by atoms with Gasteiger partial charge in [0, 0.05) is 5.70 Å². The van der Waals surface area contributed by atoms with Crippen LogP contribution in [0.15, 0.2) is 10.9 Å². The molecule has 2 rings (SSSR count). The van der Waals surface area contributed by atoms with Crippen LogP contribution >= 0.6 is 0 Å². The van der Waals surface area contributed by atoms with Gasteiger partial charge >= 0.3 is 5.69 Å². The molecule has 0 saturated carbocycles. The lowest BCUT2D eigenvalue weighted by Crippen LogP contribution is -2.18. The van der Waals surface area contributed by atoms with E-state index < -0.39 is 0 Å². The van der Waals surface area contributed by atoms with E-state index in [0.717, 1.165) is 25.0 Å². The molecule has 5 nitrogen and oxygen atoms in total. The van der Waals surface area contributed by atoms with E-state index in [1.807, 2.05) is 6.08 Å². The van der Waals surface area contributed by atoms with E-state index in [9.17, 15) is 4.79 Å². The number of hydrogen-bond donors (Lipinski definition) is 1. The van der Waals surface area contributed by atoms with Crippen molar-refractivity contribution in [3.8, 4) is 0 Å². The Labute approximate surface area is 69.1 Å². The SMILES string of the molecule is O=c1[nH]nnn1C1=CCCCC1. The summed E-state index contributed by atoms with van der Waals surface area (Å²) in [5.74, 6) is 0. The Morgan fingerprint density at radius 1 is 1.50 bits per heavy atom. The molecule has 1 aliphatic carbocycles. The predicted octanol–water partition coefficient (Wildman–Crippen LogP) is 0.381. The molecule has 0 radical (unpaired) electrons. The summed E-state index contributed by atoms with van der Waals surface area (Å²) in [6, 6.07) is 0. The second-order valence-electron chi connectivity index (χ2n) is 2.86. The van der Waals surface area contributed by atoms with Crippen LogP contribution in [0.2, 0.25) is 0 Å². The van der Waals surface area contributed by atoms with Gasteiger partial charge in [0.25, 0.3) is 0 Å². The number of rotatable bonds is 1. The average Bonchev–Trinajstić information content (AvgIpc) is 2.53. The summed E-state index contributed by atoms with van der Waals surface area (Å²) >= 11 is 0. The molecule has 64 valence electrons. The highest BCUT2D eigenvalue weighted by atomic mass is 16.2. The van der Waals surface area contributed by atoms with Crippen LogP contribution in [0.3, 0.4) is 0 Å². The van der Waals surface area contributed by atoms with Crippen molar-refractivity contribution in [2.75, 3.05) is 0 Å². The maximum atomic E-state index is 11.1. The van der Waals surface area contributed by atoms with Crippen molar-refractivity contribution in [3.63, 3.8) is 0 Å². The van der Waals surface area contributed by atoms with Crippen LogP contribution in [0.4, 0.5) is 0 Å². The summed E-state index contributed by atoms with van der Waals surface area (Å²) in [4.78, 5) is 11.1. The van der Waals surface area contributed by atoms with Crippen LogP contribution in [0.5, 0.6) is 0 Å². The molecule has 0 atom stereocenters. The number of aromatic amines is 1. The summed E-state index contributed by atoms with van der Waals surface area (Å²) in [7, 11) is 0. The predicted molar refractivity (Wildman–Crippen MR) is 43.4 cm³/mol. The molecule has 0 unspecified atom stereocenters. The summed E-state index contributed by atoms with van der Waals surface area (Å²) in [5.41, 5.74) is 0.725. The third-order valence-electron chi connectivity index (χ3n) is 2.01. The zero-order chi connectivity index (χ0) is 8.39. The van der Waals surface area contributed by atoms with Crippen LogP contribution in [0.25, 0.3) is 5.70 Å². The molecule has 1 aromatic rings. The Bertz CT molecular complexity index is 348. The molecule has 1 aromatic heterocycles. The summed E-state index contributed by atoms with van der Waals surface area (Å²) < 4.78 is 1.33. The van der Waals surface area contributed by atoms with Crippen molar-refractivity contribution in [1.29, 1.82) is 0 Å². The lowest BCUT2D eigenvalue weighted by molar-refractivity contribution is 0.679. The van der Waals surface area contributed by atoms with Gasteiger partial charge in [-0.3, -0.25) is 0 Å². The minimum absolute atomic E-state index is 0.247. The Morgan fingerprint density at radius 3 is 3.00 bits per heavy atom. The van der Waals surface area contributed by atoms with Gasteiger partial charge in [-0.15, -0.1) is 0 Å². The van der Waals surface area contributed by atoms with E-state index in [1.165, 1.54) is 11.1 Å². The molecule has 1 N–H and O–H groups in total. The molecule has 1 aliphatic rings. The van der Waals surface area contributed by atoms with Crippen LogP contribution < -0.4 is 5.69 Å². The molecule has 0 aliphatic heterocycles. The fourth-order valence-electron chi connectivity index (χ4n) is 1.40. The molecule has 0 fully saturated rings. The van der Waals surface area contributed by atoms with Crippen molar-refractivity contribution in [1.82, 2.24) is 20.2 Å². The molecule has 0 spiro atoms. The fraction of sp³-hybridized carbons (Fsp3) is 0.571. The Hall–Kier alpha value is -1.39. The lowest BCUT2D eigenvalue weighted by Gasteiger charge is -2.09. The molecule has 1 heterocycles. The molecular weight excluding hydrogens is 156 g/mol. The Balaban J connectivity index is 2.36. The molecule has 12 heavy (non-hydrogen) atoms. The number of nitrogens with zero attached hydrogens (tertiary/aromatic N) is 3. The van der Waals surface area contributed by atoms with Crippen LogP contribution in [-0.2, 0) is 0 Å². The minimum Gasteiger partial charge on any atom is -0.244 e. The van der Waals surface area contributed by atoms with E-state index in [-0.39, 0.29) is 5.69 Å². The van der Waals surface area contributed by atoms with Crippen molar-refractivity contribution < 1.29 is 0 Å². The molecule has 0 amide bonds. The fourth-order valence-corrected chi connectivity index (χ4v) is 1.40. The highest BCUT2D eigenvalue weighted by Crippen LogP contribution is 2.18. The monoisotopic (exact) mass is 166 g/mol. The summed E-state index contributed by atoms with van der Waals surface area (Å²) in [6.45, 7) is 0. The number of tetrazole rings is 1. The minimum atomic E-state index is -0.247. The second-order valence-corrected chi connectivity index (χ2v) is 2.86. The third kappa shape index (κ3) is 1.17. The Kier molecular flexibility index (Phi) is 1.77. The smallest absolute Gasteiger partial charge is 0.244 e. The zero-order valence-electron chi connectivity index (χ0n) is 6.66. The number of aromatic nitrogens is 4. The van der Waals surface area contributed by atoms with Gasteiger partial charge in [-0.25, -0.2) is 9.89 Å². The third-order valence-corrected chi connectivity index (χ3v) is 2.01. The van der Waals surface area contributed by atoms with Crippen molar-refractivity contribution in [2.24, 2.45) is 0 Å².